The zero-order valence-corrected chi connectivity index (χ0v) is 19.0. The molecule has 3 nitrogen and oxygen atoms in total. The van der Waals surface area contributed by atoms with Crippen molar-refractivity contribution in [1.82, 2.24) is 0 Å². The Morgan fingerprint density at radius 2 is 1.73 bits per heavy atom. The van der Waals surface area contributed by atoms with E-state index in [-0.39, 0.29) is 0 Å². The number of hydrogen-bond donors (Lipinski definition) is 0. The third kappa shape index (κ3) is 3.14. The second-order valence-corrected chi connectivity index (χ2v) is 9.14. The number of furan rings is 1. The van der Waals surface area contributed by atoms with Gasteiger partial charge in [0.15, 0.2) is 6.20 Å². The summed E-state index contributed by atoms with van der Waals surface area (Å²) < 4.78 is 8.81. The van der Waals surface area contributed by atoms with Crippen LogP contribution in [0.25, 0.3) is 44.3 Å². The number of pyridine rings is 1. The highest BCUT2D eigenvalue weighted by Gasteiger charge is 2.22. The number of aromatic nitrogens is 1. The SMILES string of the molecule is Cc1ccc2c(oc3c(-c4ccc5c(c4)CCCC5)cc(C#N)cc32)c1-c1cccc[n+]1C. The van der Waals surface area contributed by atoms with Crippen molar-refractivity contribution < 1.29 is 8.98 Å². The maximum atomic E-state index is 9.80. The van der Waals surface area contributed by atoms with Gasteiger partial charge in [0.1, 0.15) is 18.2 Å². The van der Waals surface area contributed by atoms with Gasteiger partial charge in [0.05, 0.1) is 17.2 Å². The Balaban J connectivity index is 1.68. The standard InChI is InChI=1S/C30H25N2O/c1-19-10-13-24-26-16-20(18-31)15-25(23-12-11-21-7-3-4-8-22(21)17-23)29(26)33-30(24)28(19)27-9-5-6-14-32(27)2/h5-6,9-17H,3-4,7-8H2,1-2H3/q+1. The van der Waals surface area contributed by atoms with Gasteiger partial charge in [-0.1, -0.05) is 30.3 Å². The molecule has 0 N–H and O–H groups in total. The van der Waals surface area contributed by atoms with Crippen LogP contribution in [0.15, 0.2) is 71.3 Å². The van der Waals surface area contributed by atoms with Gasteiger partial charge in [-0.2, -0.15) is 5.26 Å². The van der Waals surface area contributed by atoms with E-state index in [0.29, 0.717) is 5.56 Å². The first kappa shape index (κ1) is 19.8. The molecular formula is C30H25N2O+. The summed E-state index contributed by atoms with van der Waals surface area (Å²) in [5, 5.41) is 11.8. The second kappa shape index (κ2) is 7.60. The number of benzene rings is 3. The fourth-order valence-corrected chi connectivity index (χ4v) is 5.32. The Bertz CT molecular complexity index is 1600. The predicted octanol–water partition coefficient (Wildman–Crippen LogP) is 6.80. The lowest BCUT2D eigenvalue weighted by Gasteiger charge is -2.16. The van der Waals surface area contributed by atoms with Gasteiger partial charge in [0, 0.05) is 28.5 Å². The normalized spacial score (nSPS) is 13.2. The maximum Gasteiger partial charge on any atom is 0.216 e. The molecule has 6 rings (SSSR count). The molecular weight excluding hydrogens is 404 g/mol. The molecule has 0 radical (unpaired) electrons. The van der Waals surface area contributed by atoms with Crippen LogP contribution in [0.4, 0.5) is 0 Å². The molecule has 2 heterocycles. The van der Waals surface area contributed by atoms with E-state index in [1.807, 2.05) is 18.2 Å². The Hall–Kier alpha value is -3.90. The minimum atomic E-state index is 0.658. The molecule has 33 heavy (non-hydrogen) atoms. The summed E-state index contributed by atoms with van der Waals surface area (Å²) in [4.78, 5) is 0. The predicted molar refractivity (Wildman–Crippen MR) is 132 cm³/mol. The summed E-state index contributed by atoms with van der Waals surface area (Å²) >= 11 is 0. The van der Waals surface area contributed by atoms with Crippen molar-refractivity contribution >= 4 is 21.9 Å². The first-order valence-corrected chi connectivity index (χ1v) is 11.6. The third-order valence-corrected chi connectivity index (χ3v) is 7.05. The van der Waals surface area contributed by atoms with Crippen molar-refractivity contribution in [2.75, 3.05) is 0 Å². The molecule has 0 spiro atoms. The van der Waals surface area contributed by atoms with Crippen molar-refractivity contribution in [3.63, 3.8) is 0 Å². The highest BCUT2D eigenvalue weighted by Crippen LogP contribution is 2.41. The molecule has 0 unspecified atom stereocenters. The summed E-state index contributed by atoms with van der Waals surface area (Å²) in [6.45, 7) is 2.13. The van der Waals surface area contributed by atoms with Crippen LogP contribution in [0.3, 0.4) is 0 Å². The van der Waals surface area contributed by atoms with E-state index in [9.17, 15) is 5.26 Å². The highest BCUT2D eigenvalue weighted by molar-refractivity contribution is 6.13. The van der Waals surface area contributed by atoms with E-state index in [1.54, 1.807) is 0 Å². The van der Waals surface area contributed by atoms with Crippen LogP contribution in [0.2, 0.25) is 0 Å². The third-order valence-electron chi connectivity index (χ3n) is 7.05. The Kier molecular flexibility index (Phi) is 4.55. The molecule has 0 amide bonds. The van der Waals surface area contributed by atoms with Crippen LogP contribution in [-0.2, 0) is 19.9 Å². The second-order valence-electron chi connectivity index (χ2n) is 9.14. The molecule has 3 aromatic carbocycles. The van der Waals surface area contributed by atoms with Gasteiger partial charge in [-0.15, -0.1) is 0 Å². The first-order valence-electron chi connectivity index (χ1n) is 11.6. The summed E-state index contributed by atoms with van der Waals surface area (Å²) in [7, 11) is 2.06. The van der Waals surface area contributed by atoms with E-state index in [4.69, 9.17) is 4.42 Å². The topological polar surface area (TPSA) is 40.8 Å². The van der Waals surface area contributed by atoms with Gasteiger partial charge in [0.2, 0.25) is 5.69 Å². The summed E-state index contributed by atoms with van der Waals surface area (Å²) in [5.41, 5.74) is 10.8. The summed E-state index contributed by atoms with van der Waals surface area (Å²) in [5.74, 6) is 0. The van der Waals surface area contributed by atoms with Crippen molar-refractivity contribution in [3.05, 3.63) is 89.1 Å². The zero-order chi connectivity index (χ0) is 22.5. The average molecular weight is 430 g/mol. The van der Waals surface area contributed by atoms with Gasteiger partial charge in [-0.25, -0.2) is 4.57 Å². The van der Waals surface area contributed by atoms with Crippen molar-refractivity contribution in [2.24, 2.45) is 7.05 Å². The molecule has 0 saturated heterocycles. The van der Waals surface area contributed by atoms with E-state index < -0.39 is 0 Å². The van der Waals surface area contributed by atoms with E-state index >= 15 is 0 Å². The van der Waals surface area contributed by atoms with Crippen LogP contribution in [0.1, 0.15) is 35.1 Å². The summed E-state index contributed by atoms with van der Waals surface area (Å²) in [6.07, 6.45) is 6.85. The molecule has 3 heteroatoms. The molecule has 0 fully saturated rings. The lowest BCUT2D eigenvalue weighted by atomic mass is 9.88. The van der Waals surface area contributed by atoms with Gasteiger partial charge in [-0.05, 0) is 73.1 Å². The lowest BCUT2D eigenvalue weighted by Crippen LogP contribution is -2.30. The molecule has 5 aromatic rings. The molecule has 0 saturated carbocycles. The van der Waals surface area contributed by atoms with Crippen LogP contribution in [0.5, 0.6) is 0 Å². The quantitative estimate of drug-likeness (QED) is 0.289. The fraction of sp³-hybridized carbons (Fsp3) is 0.200. The first-order chi connectivity index (χ1) is 16.1. The molecule has 2 aromatic heterocycles. The minimum absolute atomic E-state index is 0.658. The van der Waals surface area contributed by atoms with Gasteiger partial charge < -0.3 is 4.42 Å². The van der Waals surface area contributed by atoms with Crippen LogP contribution in [0, 0.1) is 18.3 Å². The number of rotatable bonds is 2. The molecule has 1 aliphatic carbocycles. The number of aryl methyl sites for hydroxylation is 4. The Labute approximate surface area is 193 Å². The number of nitrogens with zero attached hydrogens (tertiary/aromatic N) is 2. The largest absolute Gasteiger partial charge is 0.454 e. The monoisotopic (exact) mass is 429 g/mol. The van der Waals surface area contributed by atoms with Crippen molar-refractivity contribution in [1.29, 1.82) is 5.26 Å². The number of hydrogen-bond acceptors (Lipinski definition) is 2. The van der Waals surface area contributed by atoms with Crippen LogP contribution < -0.4 is 4.57 Å². The smallest absolute Gasteiger partial charge is 0.216 e. The van der Waals surface area contributed by atoms with E-state index in [1.165, 1.54) is 29.5 Å². The minimum Gasteiger partial charge on any atom is -0.454 e. The molecule has 0 bridgehead atoms. The molecule has 1 aliphatic rings. The maximum absolute atomic E-state index is 9.80. The average Bonchev–Trinajstić information content (AvgIpc) is 3.22. The van der Waals surface area contributed by atoms with Crippen molar-refractivity contribution in [3.8, 4) is 28.5 Å². The molecule has 0 atom stereocenters. The van der Waals surface area contributed by atoms with Crippen molar-refractivity contribution in [2.45, 2.75) is 32.6 Å². The fourth-order valence-electron chi connectivity index (χ4n) is 5.32. The molecule has 160 valence electrons. The molecule has 0 aliphatic heterocycles. The van der Waals surface area contributed by atoms with Gasteiger partial charge in [0.25, 0.3) is 0 Å². The van der Waals surface area contributed by atoms with Crippen LogP contribution in [-0.4, -0.2) is 0 Å². The highest BCUT2D eigenvalue weighted by atomic mass is 16.3. The van der Waals surface area contributed by atoms with E-state index in [2.05, 4.69) is 73.3 Å². The number of nitriles is 1. The van der Waals surface area contributed by atoms with Gasteiger partial charge in [-0.3, -0.25) is 0 Å². The summed E-state index contributed by atoms with van der Waals surface area (Å²) in [6, 6.07) is 23.6. The van der Waals surface area contributed by atoms with E-state index in [0.717, 1.165) is 57.2 Å². The lowest BCUT2D eigenvalue weighted by molar-refractivity contribution is -0.660. The number of fused-ring (bicyclic) bond motifs is 4. The Morgan fingerprint density at radius 1 is 0.879 bits per heavy atom. The van der Waals surface area contributed by atoms with Crippen LogP contribution >= 0.6 is 0 Å². The zero-order valence-electron chi connectivity index (χ0n) is 19.0. The Morgan fingerprint density at radius 3 is 2.55 bits per heavy atom. The van der Waals surface area contributed by atoms with Gasteiger partial charge >= 0.3 is 0 Å².